The van der Waals surface area contributed by atoms with E-state index in [2.05, 4.69) is 21.0 Å². The van der Waals surface area contributed by atoms with Gasteiger partial charge in [-0.15, -0.1) is 0 Å². The molecule has 0 atom stereocenters. The van der Waals surface area contributed by atoms with Gasteiger partial charge in [-0.05, 0) is 34.1 Å². The molecule has 0 aliphatic carbocycles. The summed E-state index contributed by atoms with van der Waals surface area (Å²) in [6, 6.07) is 13.3. The van der Waals surface area contributed by atoms with Crippen LogP contribution in [-0.4, -0.2) is 16.1 Å². The van der Waals surface area contributed by atoms with Crippen molar-refractivity contribution in [1.29, 1.82) is 0 Å². The second-order valence-corrected chi connectivity index (χ2v) is 5.67. The number of hydrogen-bond acceptors (Lipinski definition) is 2. The van der Waals surface area contributed by atoms with Gasteiger partial charge in [0.05, 0.1) is 10.6 Å². The van der Waals surface area contributed by atoms with Gasteiger partial charge < -0.3 is 0 Å². The van der Waals surface area contributed by atoms with E-state index in [-0.39, 0.29) is 5.69 Å². The third-order valence-electron chi connectivity index (χ3n) is 3.19. The number of nitrogens with zero attached hydrogens (tertiary/aromatic N) is 2. The van der Waals surface area contributed by atoms with E-state index < -0.39 is 5.82 Å². The van der Waals surface area contributed by atoms with Gasteiger partial charge in [0.1, 0.15) is 21.8 Å². The van der Waals surface area contributed by atoms with Crippen molar-refractivity contribution in [1.82, 2.24) is 9.78 Å². The molecule has 0 bridgehead atoms. The van der Waals surface area contributed by atoms with E-state index in [1.165, 1.54) is 10.7 Å². The Kier molecular flexibility index (Phi) is 4.09. The average Bonchev–Trinajstić information content (AvgIpc) is 2.85. The topological polar surface area (TPSA) is 34.9 Å². The Morgan fingerprint density at radius 2 is 1.82 bits per heavy atom. The molecule has 0 aliphatic heterocycles. The van der Waals surface area contributed by atoms with Crippen molar-refractivity contribution in [2.24, 2.45) is 0 Å². The van der Waals surface area contributed by atoms with Gasteiger partial charge in [0.25, 0.3) is 0 Å². The average molecular weight is 380 g/mol. The summed E-state index contributed by atoms with van der Waals surface area (Å²) in [6.45, 7) is 0. The maximum atomic E-state index is 14.0. The van der Waals surface area contributed by atoms with Gasteiger partial charge in [-0.1, -0.05) is 41.9 Å². The number of hydrogen-bond donors (Lipinski definition) is 0. The molecule has 3 nitrogen and oxygen atoms in total. The Morgan fingerprint density at radius 1 is 1.14 bits per heavy atom. The molecule has 0 amide bonds. The zero-order valence-electron chi connectivity index (χ0n) is 11.1. The molecular formula is C16H9BrClFN2O. The number of benzene rings is 2. The second kappa shape index (κ2) is 6.02. The first-order valence-electron chi connectivity index (χ1n) is 6.37. The number of para-hydroxylation sites is 1. The molecule has 6 heteroatoms. The minimum absolute atomic E-state index is 0.246. The maximum absolute atomic E-state index is 14.0. The molecular weight excluding hydrogens is 371 g/mol. The van der Waals surface area contributed by atoms with Crippen LogP contribution >= 0.6 is 27.5 Å². The van der Waals surface area contributed by atoms with Gasteiger partial charge in [0, 0.05) is 5.56 Å². The Balaban J connectivity index is 2.27. The van der Waals surface area contributed by atoms with E-state index in [0.29, 0.717) is 32.7 Å². The van der Waals surface area contributed by atoms with Crippen molar-refractivity contribution in [3.63, 3.8) is 0 Å². The summed E-state index contributed by atoms with van der Waals surface area (Å²) in [5.74, 6) is -0.436. The monoisotopic (exact) mass is 378 g/mol. The summed E-state index contributed by atoms with van der Waals surface area (Å²) in [6.07, 6.45) is 0.674. The third kappa shape index (κ3) is 2.46. The lowest BCUT2D eigenvalue weighted by Gasteiger charge is -2.04. The Bertz CT molecular complexity index is 863. The van der Waals surface area contributed by atoms with Gasteiger partial charge in [-0.3, -0.25) is 4.79 Å². The zero-order valence-corrected chi connectivity index (χ0v) is 13.5. The molecule has 22 heavy (non-hydrogen) atoms. The molecule has 0 N–H and O–H groups in total. The maximum Gasteiger partial charge on any atom is 0.155 e. The first kappa shape index (κ1) is 14.9. The predicted molar refractivity (Wildman–Crippen MR) is 87.1 cm³/mol. The molecule has 3 aromatic rings. The molecule has 2 aromatic carbocycles. The predicted octanol–water partition coefficient (Wildman–Crippen LogP) is 4.91. The van der Waals surface area contributed by atoms with Crippen LogP contribution in [0.2, 0.25) is 5.02 Å². The molecule has 3 rings (SSSR count). The highest BCUT2D eigenvalue weighted by molar-refractivity contribution is 9.10. The summed E-state index contributed by atoms with van der Waals surface area (Å²) in [7, 11) is 0. The van der Waals surface area contributed by atoms with E-state index in [9.17, 15) is 9.18 Å². The Morgan fingerprint density at radius 3 is 2.50 bits per heavy atom. The number of carbonyl (C=O) groups excluding carboxylic acids is 1. The van der Waals surface area contributed by atoms with E-state index in [1.54, 1.807) is 42.5 Å². The lowest BCUT2D eigenvalue weighted by Crippen LogP contribution is -2.00. The van der Waals surface area contributed by atoms with Crippen LogP contribution in [0.15, 0.2) is 53.1 Å². The summed E-state index contributed by atoms with van der Waals surface area (Å²) in [4.78, 5) is 11.4. The van der Waals surface area contributed by atoms with Crippen LogP contribution in [0.1, 0.15) is 10.4 Å². The Hall–Kier alpha value is -1.98. The van der Waals surface area contributed by atoms with Crippen LogP contribution in [0.25, 0.3) is 16.9 Å². The van der Waals surface area contributed by atoms with Crippen LogP contribution in [0.5, 0.6) is 0 Å². The van der Waals surface area contributed by atoms with Crippen LogP contribution < -0.4 is 0 Å². The van der Waals surface area contributed by atoms with Gasteiger partial charge in [0.15, 0.2) is 6.29 Å². The van der Waals surface area contributed by atoms with Gasteiger partial charge in [-0.25, -0.2) is 9.07 Å². The van der Waals surface area contributed by atoms with Crippen molar-refractivity contribution in [3.8, 4) is 16.9 Å². The van der Waals surface area contributed by atoms with E-state index in [0.717, 1.165) is 0 Å². The highest BCUT2D eigenvalue weighted by Gasteiger charge is 2.20. The molecule has 0 radical (unpaired) electrons. The first-order chi connectivity index (χ1) is 10.6. The summed E-state index contributed by atoms with van der Waals surface area (Å²) < 4.78 is 15.7. The van der Waals surface area contributed by atoms with Crippen molar-refractivity contribution in [2.75, 3.05) is 0 Å². The lowest BCUT2D eigenvalue weighted by molar-refractivity contribution is 0.112. The molecule has 110 valence electrons. The molecule has 1 heterocycles. The fourth-order valence-corrected chi connectivity index (χ4v) is 2.93. The second-order valence-electron chi connectivity index (χ2n) is 4.51. The quantitative estimate of drug-likeness (QED) is 0.606. The van der Waals surface area contributed by atoms with Crippen LogP contribution in [-0.2, 0) is 0 Å². The SMILES string of the molecule is O=Cc1c(-c2ccccc2Cl)nn(-c2ccccc2F)c1Br. The molecule has 1 aromatic heterocycles. The molecule has 0 aliphatic rings. The minimum atomic E-state index is -0.436. The summed E-state index contributed by atoms with van der Waals surface area (Å²) >= 11 is 9.49. The molecule has 0 unspecified atom stereocenters. The summed E-state index contributed by atoms with van der Waals surface area (Å²) in [5, 5.41) is 4.83. The van der Waals surface area contributed by atoms with Gasteiger partial charge in [0.2, 0.25) is 0 Å². The molecule has 0 saturated carbocycles. The van der Waals surface area contributed by atoms with E-state index in [1.807, 2.05) is 0 Å². The normalized spacial score (nSPS) is 10.7. The van der Waals surface area contributed by atoms with Gasteiger partial charge in [-0.2, -0.15) is 5.10 Å². The van der Waals surface area contributed by atoms with Crippen molar-refractivity contribution >= 4 is 33.8 Å². The highest BCUT2D eigenvalue weighted by Crippen LogP contribution is 2.34. The molecule has 0 fully saturated rings. The fourth-order valence-electron chi connectivity index (χ4n) is 2.15. The van der Waals surface area contributed by atoms with Crippen molar-refractivity contribution < 1.29 is 9.18 Å². The highest BCUT2D eigenvalue weighted by atomic mass is 79.9. The smallest absolute Gasteiger partial charge is 0.155 e. The van der Waals surface area contributed by atoms with Crippen molar-refractivity contribution in [3.05, 3.63) is 69.5 Å². The van der Waals surface area contributed by atoms with Crippen LogP contribution in [0.4, 0.5) is 4.39 Å². The first-order valence-corrected chi connectivity index (χ1v) is 7.54. The number of halogens is 3. The zero-order chi connectivity index (χ0) is 15.7. The lowest BCUT2D eigenvalue weighted by atomic mass is 10.1. The van der Waals surface area contributed by atoms with E-state index in [4.69, 9.17) is 11.6 Å². The molecule has 0 spiro atoms. The minimum Gasteiger partial charge on any atom is -0.298 e. The standard InChI is InChI=1S/C16H9BrClFN2O/c17-16-11(9-22)15(10-5-1-2-6-12(10)18)20-21(16)14-8-4-3-7-13(14)19/h1-9H. The number of carbonyl (C=O) groups is 1. The number of aromatic nitrogens is 2. The largest absolute Gasteiger partial charge is 0.298 e. The number of aldehydes is 1. The number of rotatable bonds is 3. The Labute approximate surface area is 139 Å². The van der Waals surface area contributed by atoms with E-state index >= 15 is 0 Å². The van der Waals surface area contributed by atoms with Crippen LogP contribution in [0, 0.1) is 5.82 Å². The molecule has 0 saturated heterocycles. The third-order valence-corrected chi connectivity index (χ3v) is 4.28. The summed E-state index contributed by atoms with van der Waals surface area (Å²) in [5.41, 5.74) is 1.57. The van der Waals surface area contributed by atoms with Crippen LogP contribution in [0.3, 0.4) is 0 Å². The fraction of sp³-hybridized carbons (Fsp3) is 0. The van der Waals surface area contributed by atoms with Crippen molar-refractivity contribution in [2.45, 2.75) is 0 Å². The van der Waals surface area contributed by atoms with Gasteiger partial charge >= 0.3 is 0 Å².